The predicted molar refractivity (Wildman–Crippen MR) is 74.1 cm³/mol. The summed E-state index contributed by atoms with van der Waals surface area (Å²) in [6, 6.07) is 5.93. The molecule has 3 N–H and O–H groups in total. The fourth-order valence-electron chi connectivity index (χ4n) is 1.81. The van der Waals surface area contributed by atoms with E-state index in [0.717, 1.165) is 16.6 Å². The second kappa shape index (κ2) is 5.91. The maximum atomic E-state index is 11.7. The Balaban J connectivity index is 2.33. The van der Waals surface area contributed by atoms with E-state index in [4.69, 9.17) is 5.73 Å². The molecule has 2 amide bonds. The Morgan fingerprint density at radius 2 is 2.47 bits per heavy atom. The molecule has 0 saturated heterocycles. The highest BCUT2D eigenvalue weighted by Crippen LogP contribution is 2.37. The predicted octanol–water partition coefficient (Wildman–Crippen LogP) is 1.31. The standard InChI is InChI=1S/C12H11N3O2S2/c13-5-8-7(9-2-1-3-18-9)4-11(17)15-12(8)19-6-10(14)16/h1-3,7H,4,6H2,(H2,14,16)(H,15,17)/t7-/m0/s1. The van der Waals surface area contributed by atoms with Crippen LogP contribution in [-0.2, 0) is 9.59 Å². The number of thiophene rings is 1. The van der Waals surface area contributed by atoms with Crippen molar-refractivity contribution in [1.29, 1.82) is 5.26 Å². The van der Waals surface area contributed by atoms with Crippen LogP contribution in [-0.4, -0.2) is 17.6 Å². The second-order valence-corrected chi connectivity index (χ2v) is 5.89. The first-order chi connectivity index (χ1) is 9.11. The molecule has 1 aromatic heterocycles. The number of nitrogens with zero attached hydrogens (tertiary/aromatic N) is 1. The number of carbonyl (C=O) groups excluding carboxylic acids is 2. The molecule has 0 aliphatic carbocycles. The Hall–Kier alpha value is -1.78. The first kappa shape index (κ1) is 13.6. The molecule has 1 aliphatic heterocycles. The molecule has 2 rings (SSSR count). The molecule has 1 atom stereocenters. The van der Waals surface area contributed by atoms with Gasteiger partial charge in [-0.25, -0.2) is 0 Å². The highest BCUT2D eigenvalue weighted by Gasteiger charge is 2.30. The molecule has 0 aromatic carbocycles. The highest BCUT2D eigenvalue weighted by atomic mass is 32.2. The first-order valence-electron chi connectivity index (χ1n) is 5.50. The SMILES string of the molecule is N#CC1=C(SCC(N)=O)NC(=O)C[C@@H]1c1cccs1. The third kappa shape index (κ3) is 3.16. The van der Waals surface area contributed by atoms with Crippen LogP contribution in [0.2, 0.25) is 0 Å². The number of rotatable bonds is 4. The number of allylic oxidation sites excluding steroid dienone is 1. The molecule has 98 valence electrons. The van der Waals surface area contributed by atoms with E-state index in [9.17, 15) is 14.9 Å². The molecule has 0 fully saturated rings. The lowest BCUT2D eigenvalue weighted by molar-refractivity contribution is -0.121. The molecular formula is C12H11N3O2S2. The van der Waals surface area contributed by atoms with Crippen LogP contribution in [0.25, 0.3) is 0 Å². The summed E-state index contributed by atoms with van der Waals surface area (Å²) in [6.45, 7) is 0. The number of carbonyl (C=O) groups is 2. The van der Waals surface area contributed by atoms with Crippen LogP contribution < -0.4 is 11.1 Å². The van der Waals surface area contributed by atoms with E-state index < -0.39 is 5.91 Å². The van der Waals surface area contributed by atoms with E-state index in [0.29, 0.717) is 10.6 Å². The van der Waals surface area contributed by atoms with Gasteiger partial charge in [0.15, 0.2) is 0 Å². The molecule has 1 aromatic rings. The summed E-state index contributed by atoms with van der Waals surface area (Å²) < 4.78 is 0. The summed E-state index contributed by atoms with van der Waals surface area (Å²) in [7, 11) is 0. The summed E-state index contributed by atoms with van der Waals surface area (Å²) in [5, 5.41) is 14.3. The zero-order chi connectivity index (χ0) is 13.8. The van der Waals surface area contributed by atoms with Crippen LogP contribution in [0.4, 0.5) is 0 Å². The van der Waals surface area contributed by atoms with Gasteiger partial charge in [0.2, 0.25) is 11.8 Å². The maximum absolute atomic E-state index is 11.7. The number of hydrogen-bond donors (Lipinski definition) is 2. The van der Waals surface area contributed by atoms with E-state index in [1.54, 1.807) is 0 Å². The molecule has 0 spiro atoms. The number of amides is 2. The minimum atomic E-state index is -0.484. The number of nitrogens with two attached hydrogens (primary N) is 1. The first-order valence-corrected chi connectivity index (χ1v) is 7.37. The smallest absolute Gasteiger partial charge is 0.227 e. The Kier molecular flexibility index (Phi) is 4.24. The van der Waals surface area contributed by atoms with Crippen molar-refractivity contribution in [3.63, 3.8) is 0 Å². The largest absolute Gasteiger partial charge is 0.369 e. The number of primary amides is 1. The monoisotopic (exact) mass is 293 g/mol. The van der Waals surface area contributed by atoms with E-state index in [1.807, 2.05) is 17.5 Å². The van der Waals surface area contributed by atoms with Gasteiger partial charge < -0.3 is 11.1 Å². The molecule has 0 saturated carbocycles. The normalized spacial score (nSPS) is 18.9. The minimum absolute atomic E-state index is 0.0396. The van der Waals surface area contributed by atoms with Crippen molar-refractivity contribution < 1.29 is 9.59 Å². The Morgan fingerprint density at radius 3 is 3.05 bits per heavy atom. The van der Waals surface area contributed by atoms with Crippen LogP contribution in [0.3, 0.4) is 0 Å². The molecular weight excluding hydrogens is 282 g/mol. The molecule has 2 heterocycles. The summed E-state index contributed by atoms with van der Waals surface area (Å²) in [5.74, 6) is -0.821. The number of nitriles is 1. The lowest BCUT2D eigenvalue weighted by atomic mass is 9.93. The highest BCUT2D eigenvalue weighted by molar-refractivity contribution is 8.03. The lowest BCUT2D eigenvalue weighted by Gasteiger charge is -2.23. The third-order valence-electron chi connectivity index (χ3n) is 2.60. The van der Waals surface area contributed by atoms with Gasteiger partial charge in [-0.05, 0) is 11.4 Å². The zero-order valence-corrected chi connectivity index (χ0v) is 11.5. The van der Waals surface area contributed by atoms with E-state index >= 15 is 0 Å². The van der Waals surface area contributed by atoms with Gasteiger partial charge in [0.1, 0.15) is 0 Å². The number of nitrogens with one attached hydrogen (secondary N) is 1. The minimum Gasteiger partial charge on any atom is -0.369 e. The van der Waals surface area contributed by atoms with Crippen LogP contribution in [0.5, 0.6) is 0 Å². The van der Waals surface area contributed by atoms with Gasteiger partial charge >= 0.3 is 0 Å². The Morgan fingerprint density at radius 1 is 1.68 bits per heavy atom. The third-order valence-corrected chi connectivity index (χ3v) is 4.63. The summed E-state index contributed by atoms with van der Waals surface area (Å²) in [5.41, 5.74) is 5.58. The van der Waals surface area contributed by atoms with Crippen molar-refractivity contribution in [2.45, 2.75) is 12.3 Å². The molecule has 1 aliphatic rings. The molecule has 5 nitrogen and oxygen atoms in total. The molecule has 0 radical (unpaired) electrons. The summed E-state index contributed by atoms with van der Waals surface area (Å²) in [6.07, 6.45) is 0.254. The van der Waals surface area contributed by atoms with Crippen LogP contribution >= 0.6 is 23.1 Å². The maximum Gasteiger partial charge on any atom is 0.227 e. The molecule has 0 unspecified atom stereocenters. The second-order valence-electron chi connectivity index (χ2n) is 3.93. The molecule has 0 bridgehead atoms. The van der Waals surface area contributed by atoms with Gasteiger partial charge in [-0.15, -0.1) is 11.3 Å². The van der Waals surface area contributed by atoms with Gasteiger partial charge in [0.25, 0.3) is 0 Å². The van der Waals surface area contributed by atoms with E-state index in [1.165, 1.54) is 11.3 Å². The van der Waals surface area contributed by atoms with E-state index in [-0.39, 0.29) is 24.0 Å². The van der Waals surface area contributed by atoms with Crippen molar-refractivity contribution in [2.24, 2.45) is 5.73 Å². The van der Waals surface area contributed by atoms with Crippen molar-refractivity contribution in [2.75, 3.05) is 5.75 Å². The van der Waals surface area contributed by atoms with Crippen molar-refractivity contribution in [3.05, 3.63) is 33.0 Å². The fraction of sp³-hybridized carbons (Fsp3) is 0.250. The number of hydrogen-bond acceptors (Lipinski definition) is 5. The average Bonchev–Trinajstić information content (AvgIpc) is 2.89. The zero-order valence-electron chi connectivity index (χ0n) is 9.88. The van der Waals surface area contributed by atoms with Crippen LogP contribution in [0.15, 0.2) is 28.1 Å². The number of thioether (sulfide) groups is 1. The summed E-state index contributed by atoms with van der Waals surface area (Å²) >= 11 is 2.61. The molecule has 19 heavy (non-hydrogen) atoms. The van der Waals surface area contributed by atoms with Gasteiger partial charge in [-0.2, -0.15) is 5.26 Å². The van der Waals surface area contributed by atoms with Gasteiger partial charge in [0, 0.05) is 17.2 Å². The average molecular weight is 293 g/mol. The quantitative estimate of drug-likeness (QED) is 0.874. The lowest BCUT2D eigenvalue weighted by Crippen LogP contribution is -2.31. The van der Waals surface area contributed by atoms with E-state index in [2.05, 4.69) is 11.4 Å². The van der Waals surface area contributed by atoms with Crippen molar-refractivity contribution in [3.8, 4) is 6.07 Å². The fourth-order valence-corrected chi connectivity index (χ4v) is 3.46. The molecule has 7 heteroatoms. The Bertz CT molecular complexity index is 572. The van der Waals surface area contributed by atoms with Crippen LogP contribution in [0.1, 0.15) is 17.2 Å². The van der Waals surface area contributed by atoms with Crippen molar-refractivity contribution >= 4 is 34.9 Å². The van der Waals surface area contributed by atoms with Gasteiger partial charge in [0.05, 0.1) is 22.4 Å². The Labute approximate surface area is 118 Å². The summed E-state index contributed by atoms with van der Waals surface area (Å²) in [4.78, 5) is 23.5. The van der Waals surface area contributed by atoms with Crippen molar-refractivity contribution in [1.82, 2.24) is 5.32 Å². The topological polar surface area (TPSA) is 96.0 Å². The van der Waals surface area contributed by atoms with Crippen LogP contribution in [0, 0.1) is 11.3 Å². The van der Waals surface area contributed by atoms with Gasteiger partial charge in [-0.3, -0.25) is 9.59 Å². The van der Waals surface area contributed by atoms with Gasteiger partial charge in [-0.1, -0.05) is 17.8 Å².